The fraction of sp³-hybridized carbons (Fsp3) is 0.333. The summed E-state index contributed by atoms with van der Waals surface area (Å²) in [5.74, 6) is 0. The summed E-state index contributed by atoms with van der Waals surface area (Å²) in [6, 6.07) is 0. The van der Waals surface area contributed by atoms with Gasteiger partial charge in [-0.1, -0.05) is 12.6 Å². The zero-order valence-corrected chi connectivity index (χ0v) is 4.27. The van der Waals surface area contributed by atoms with Gasteiger partial charge >= 0.3 is 0 Å². The van der Waals surface area contributed by atoms with Crippen LogP contribution in [0.2, 0.25) is 0 Å². The molecule has 0 atom stereocenters. The zero-order chi connectivity index (χ0) is 4.99. The maximum atomic E-state index is 9.76. The molecule has 0 aliphatic rings. The highest BCUT2D eigenvalue weighted by Gasteiger charge is 1.76. The van der Waals surface area contributed by atoms with E-state index >= 15 is 0 Å². The van der Waals surface area contributed by atoms with Gasteiger partial charge in [0, 0.05) is 7.05 Å². The predicted octanol–water partition coefficient (Wildman–Crippen LogP) is 0.143. The van der Waals surface area contributed by atoms with Gasteiger partial charge in [-0.2, -0.15) is 0 Å². The highest BCUT2D eigenvalue weighted by molar-refractivity contribution is 7.98. The van der Waals surface area contributed by atoms with Gasteiger partial charge in [0.1, 0.15) is 0 Å². The van der Waals surface area contributed by atoms with Crippen LogP contribution < -0.4 is 0 Å². The van der Waals surface area contributed by atoms with Gasteiger partial charge in [-0.05, 0) is 0 Å². The molecule has 0 radical (unpaired) electrons. The molecule has 0 heterocycles. The average Bonchev–Trinajstić information content (AvgIpc) is 1.35. The largest absolute Gasteiger partial charge is 0.292 e. The zero-order valence-electron chi connectivity index (χ0n) is 3.38. The quantitative estimate of drug-likeness (QED) is 0.371. The lowest BCUT2D eigenvalue weighted by molar-refractivity contribution is -0.105. The van der Waals surface area contributed by atoms with E-state index in [-0.39, 0.29) is 5.12 Å². The number of hydrogen-bond donors (Lipinski definition) is 1. The average molecular weight is 103 g/mol. The van der Waals surface area contributed by atoms with E-state index in [1.165, 1.54) is 7.05 Å². The number of aliphatic imine (C=N–C) groups is 1. The highest BCUT2D eigenvalue weighted by atomic mass is 32.1. The predicted molar refractivity (Wildman–Crippen MR) is 28.4 cm³/mol. The third-order valence-corrected chi connectivity index (χ3v) is 0.355. The molecule has 0 rings (SSSR count). The van der Waals surface area contributed by atoms with Gasteiger partial charge in [0.25, 0.3) is 0 Å². The molecule has 34 valence electrons. The van der Waals surface area contributed by atoms with Crippen molar-refractivity contribution in [2.75, 3.05) is 7.05 Å². The second-order valence-corrected chi connectivity index (χ2v) is 1.17. The molecule has 0 aromatic heterocycles. The highest BCUT2D eigenvalue weighted by Crippen LogP contribution is 1.67. The third-order valence-electron chi connectivity index (χ3n) is 0.240. The van der Waals surface area contributed by atoms with Gasteiger partial charge < -0.3 is 0 Å². The van der Waals surface area contributed by atoms with Crippen LogP contribution in [0.15, 0.2) is 4.99 Å². The Morgan fingerprint density at radius 1 is 2.00 bits per heavy atom. The van der Waals surface area contributed by atoms with Crippen LogP contribution in [0.25, 0.3) is 0 Å². The molecule has 0 aromatic rings. The van der Waals surface area contributed by atoms with Crippen LogP contribution in [0.1, 0.15) is 0 Å². The maximum Gasteiger partial charge on any atom is 0.226 e. The summed E-state index contributed by atoms with van der Waals surface area (Å²) in [5, 5.41) is -0.308. The Labute approximate surface area is 41.7 Å². The lowest BCUT2D eigenvalue weighted by Gasteiger charge is -1.67. The Balaban J connectivity index is 3.30. The molecular formula is C3H5NOS. The van der Waals surface area contributed by atoms with Crippen molar-refractivity contribution in [2.24, 2.45) is 4.99 Å². The number of carbonyl (C=O) groups excluding carboxylic acids is 1. The van der Waals surface area contributed by atoms with Gasteiger partial charge in [0.2, 0.25) is 5.12 Å². The Morgan fingerprint density at radius 3 is 2.50 bits per heavy atom. The van der Waals surface area contributed by atoms with Gasteiger partial charge in [-0.15, -0.1) is 0 Å². The molecule has 0 saturated carbocycles. The fourth-order valence-corrected chi connectivity index (χ4v) is 0.226. The number of carbonyl (C=O) groups is 1. The fourth-order valence-electron chi connectivity index (χ4n) is 0.110. The van der Waals surface area contributed by atoms with Gasteiger partial charge in [-0.3, -0.25) is 9.79 Å². The van der Waals surface area contributed by atoms with Gasteiger partial charge in [0.05, 0.1) is 6.21 Å². The number of rotatable bonds is 1. The first-order valence-electron chi connectivity index (χ1n) is 1.42. The Kier molecular flexibility index (Phi) is 2.75. The summed E-state index contributed by atoms with van der Waals surface area (Å²) < 4.78 is 0. The summed E-state index contributed by atoms with van der Waals surface area (Å²) in [6.45, 7) is 0. The first-order valence-corrected chi connectivity index (χ1v) is 1.87. The summed E-state index contributed by atoms with van der Waals surface area (Å²) in [6.07, 6.45) is 1.14. The summed E-state index contributed by atoms with van der Waals surface area (Å²) in [5.41, 5.74) is 0. The van der Waals surface area contributed by atoms with E-state index in [1.54, 1.807) is 0 Å². The molecule has 0 unspecified atom stereocenters. The monoisotopic (exact) mass is 103 g/mol. The van der Waals surface area contributed by atoms with Crippen LogP contribution in [0.4, 0.5) is 0 Å². The van der Waals surface area contributed by atoms with Crippen LogP contribution >= 0.6 is 12.6 Å². The van der Waals surface area contributed by atoms with E-state index in [1.807, 2.05) is 0 Å². The Hall–Kier alpha value is -0.310. The lowest BCUT2D eigenvalue weighted by atomic mass is 10.8. The molecule has 0 aliphatic carbocycles. The van der Waals surface area contributed by atoms with Gasteiger partial charge in [-0.25, -0.2) is 0 Å². The van der Waals surface area contributed by atoms with E-state index in [0.29, 0.717) is 0 Å². The standard InChI is InChI=1S/C3H5NOS/c1-4-2-3(5)6/h2H,1H3,(H,5,6)/b4-2+. The van der Waals surface area contributed by atoms with Crippen molar-refractivity contribution in [1.29, 1.82) is 0 Å². The van der Waals surface area contributed by atoms with Crippen molar-refractivity contribution in [3.8, 4) is 0 Å². The minimum absolute atomic E-state index is 0.308. The first kappa shape index (κ1) is 5.69. The second kappa shape index (κ2) is 2.90. The van der Waals surface area contributed by atoms with Gasteiger partial charge in [0.15, 0.2) is 0 Å². The molecule has 0 aromatic carbocycles. The molecule has 0 fully saturated rings. The van der Waals surface area contributed by atoms with Crippen LogP contribution in [0.5, 0.6) is 0 Å². The molecule has 0 amide bonds. The molecule has 6 heavy (non-hydrogen) atoms. The van der Waals surface area contributed by atoms with Crippen molar-refractivity contribution in [3.63, 3.8) is 0 Å². The molecule has 0 spiro atoms. The van der Waals surface area contributed by atoms with Crippen LogP contribution in [0.3, 0.4) is 0 Å². The van der Waals surface area contributed by atoms with E-state index in [2.05, 4.69) is 17.6 Å². The van der Waals surface area contributed by atoms with Crippen LogP contribution in [-0.2, 0) is 4.79 Å². The third kappa shape index (κ3) is 3.69. The molecule has 3 heteroatoms. The first-order chi connectivity index (χ1) is 2.77. The number of thiol groups is 1. The normalized spacial score (nSPS) is 9.67. The van der Waals surface area contributed by atoms with Crippen LogP contribution in [0, 0.1) is 0 Å². The van der Waals surface area contributed by atoms with Crippen molar-refractivity contribution in [3.05, 3.63) is 0 Å². The Bertz CT molecular complexity index is 78.9. The van der Waals surface area contributed by atoms with E-state index in [4.69, 9.17) is 0 Å². The maximum absolute atomic E-state index is 9.76. The Morgan fingerprint density at radius 2 is 2.50 bits per heavy atom. The molecule has 0 N–H and O–H groups in total. The minimum atomic E-state index is -0.308. The van der Waals surface area contributed by atoms with Crippen molar-refractivity contribution < 1.29 is 4.79 Å². The summed E-state index contributed by atoms with van der Waals surface area (Å²) >= 11 is 3.39. The van der Waals surface area contributed by atoms with E-state index in [9.17, 15) is 4.79 Å². The summed E-state index contributed by atoms with van der Waals surface area (Å²) in [7, 11) is 1.52. The smallest absolute Gasteiger partial charge is 0.226 e. The second-order valence-electron chi connectivity index (χ2n) is 0.726. The SMILES string of the molecule is C/N=C/C(=O)S. The van der Waals surface area contributed by atoms with E-state index < -0.39 is 0 Å². The molecule has 0 saturated heterocycles. The minimum Gasteiger partial charge on any atom is -0.292 e. The molecule has 2 nitrogen and oxygen atoms in total. The number of nitrogens with zero attached hydrogens (tertiary/aromatic N) is 1. The van der Waals surface area contributed by atoms with Crippen molar-refractivity contribution in [2.45, 2.75) is 0 Å². The topological polar surface area (TPSA) is 29.4 Å². The molecule has 0 aliphatic heterocycles. The van der Waals surface area contributed by atoms with Crippen molar-refractivity contribution in [1.82, 2.24) is 0 Å². The molecule has 0 bridgehead atoms. The summed E-state index contributed by atoms with van der Waals surface area (Å²) in [4.78, 5) is 13.1. The van der Waals surface area contributed by atoms with E-state index in [0.717, 1.165) is 6.21 Å². The molecular weight excluding hydrogens is 98.1 g/mol. The lowest BCUT2D eigenvalue weighted by Crippen LogP contribution is -1.82. The van der Waals surface area contributed by atoms with Crippen molar-refractivity contribution >= 4 is 24.0 Å². The van der Waals surface area contributed by atoms with Crippen LogP contribution in [-0.4, -0.2) is 18.4 Å². The number of hydrogen-bond acceptors (Lipinski definition) is 2.